The molecule has 3 rings (SSSR count). The Morgan fingerprint density at radius 2 is 1.51 bits per heavy atom. The van der Waals surface area contributed by atoms with Gasteiger partial charge in [-0.05, 0) is 54.2 Å². The van der Waals surface area contributed by atoms with E-state index in [0.29, 0.717) is 32.5 Å². The maximum atomic E-state index is 13.5. The molecule has 10 nitrogen and oxygen atoms in total. The van der Waals surface area contributed by atoms with Crippen LogP contribution in [0.1, 0.15) is 12.8 Å². The molecule has 1 amide bonds. The molecule has 0 N–H and O–H groups in total. The molecule has 37 heavy (non-hydrogen) atoms. The smallest absolute Gasteiger partial charge is 0.409 e. The van der Waals surface area contributed by atoms with Crippen molar-refractivity contribution < 1.29 is 37.0 Å². The first-order valence-electron chi connectivity index (χ1n) is 11.9. The highest BCUT2D eigenvalue weighted by Crippen LogP contribution is 2.30. The number of ether oxygens (including phenoxy) is 4. The molecule has 202 valence electrons. The summed E-state index contributed by atoms with van der Waals surface area (Å²) < 4.78 is 48.3. The van der Waals surface area contributed by atoms with Gasteiger partial charge in [0.05, 0.1) is 25.7 Å². The largest absolute Gasteiger partial charge is 0.497 e. The predicted molar refractivity (Wildman–Crippen MR) is 137 cm³/mol. The summed E-state index contributed by atoms with van der Waals surface area (Å²) in [7, 11) is 1.73. The molecule has 11 heteroatoms. The SMILES string of the molecule is COCCOC(=O)N1CCC(C(C(=O)OC)N(C)S(=O)(=O)c2ccc(-c3ccc(OC)cc3)cc2)CC1. The third-order valence-corrected chi connectivity index (χ3v) is 8.40. The zero-order valence-electron chi connectivity index (χ0n) is 21.6. The van der Waals surface area contributed by atoms with Gasteiger partial charge in [-0.3, -0.25) is 4.79 Å². The number of likely N-dealkylation sites (tertiary alicyclic amines) is 1. The lowest BCUT2D eigenvalue weighted by Gasteiger charge is -2.37. The Morgan fingerprint density at radius 1 is 0.946 bits per heavy atom. The molecule has 0 radical (unpaired) electrons. The summed E-state index contributed by atoms with van der Waals surface area (Å²) in [6.45, 7) is 1.14. The number of methoxy groups -OCH3 is 3. The van der Waals surface area contributed by atoms with Crippen LogP contribution in [-0.2, 0) is 29.0 Å². The van der Waals surface area contributed by atoms with Crippen LogP contribution in [0.4, 0.5) is 4.79 Å². The fourth-order valence-corrected chi connectivity index (χ4v) is 5.75. The van der Waals surface area contributed by atoms with Crippen molar-refractivity contribution in [2.45, 2.75) is 23.8 Å². The van der Waals surface area contributed by atoms with Gasteiger partial charge in [-0.25, -0.2) is 13.2 Å². The van der Waals surface area contributed by atoms with E-state index in [1.807, 2.05) is 24.3 Å². The van der Waals surface area contributed by atoms with E-state index in [9.17, 15) is 18.0 Å². The Kier molecular flexibility index (Phi) is 9.90. The number of carbonyl (C=O) groups excluding carboxylic acids is 2. The maximum absolute atomic E-state index is 13.5. The van der Waals surface area contributed by atoms with Crippen LogP contribution in [0, 0.1) is 5.92 Å². The molecule has 0 saturated carbocycles. The maximum Gasteiger partial charge on any atom is 0.409 e. The number of amides is 1. The van der Waals surface area contributed by atoms with E-state index in [0.717, 1.165) is 21.2 Å². The Hall–Kier alpha value is -3.15. The van der Waals surface area contributed by atoms with Crippen molar-refractivity contribution in [1.29, 1.82) is 0 Å². The molecule has 1 heterocycles. The second-order valence-corrected chi connectivity index (χ2v) is 10.7. The topological polar surface area (TPSA) is 112 Å². The highest BCUT2D eigenvalue weighted by molar-refractivity contribution is 7.89. The van der Waals surface area contributed by atoms with Crippen LogP contribution in [0.2, 0.25) is 0 Å². The van der Waals surface area contributed by atoms with E-state index in [4.69, 9.17) is 18.9 Å². The fraction of sp³-hybridized carbons (Fsp3) is 0.462. The molecule has 0 aromatic heterocycles. The van der Waals surface area contributed by atoms with Crippen LogP contribution >= 0.6 is 0 Å². The number of hydrogen-bond acceptors (Lipinski definition) is 8. The van der Waals surface area contributed by atoms with Crippen molar-refractivity contribution in [1.82, 2.24) is 9.21 Å². The van der Waals surface area contributed by atoms with Crippen molar-refractivity contribution in [2.24, 2.45) is 5.92 Å². The van der Waals surface area contributed by atoms with Crippen LogP contribution < -0.4 is 4.74 Å². The van der Waals surface area contributed by atoms with E-state index in [2.05, 4.69) is 0 Å². The zero-order valence-corrected chi connectivity index (χ0v) is 22.4. The van der Waals surface area contributed by atoms with Gasteiger partial charge in [-0.1, -0.05) is 24.3 Å². The summed E-state index contributed by atoms with van der Waals surface area (Å²) >= 11 is 0. The van der Waals surface area contributed by atoms with Crippen LogP contribution in [0.15, 0.2) is 53.4 Å². The van der Waals surface area contributed by atoms with Crippen LogP contribution in [0.5, 0.6) is 5.75 Å². The van der Waals surface area contributed by atoms with Crippen LogP contribution in [-0.4, -0.2) is 90.4 Å². The lowest BCUT2D eigenvalue weighted by molar-refractivity contribution is -0.147. The number of rotatable bonds is 10. The number of likely N-dealkylation sites (N-methyl/N-ethyl adjacent to an activating group) is 1. The molecule has 1 saturated heterocycles. The van der Waals surface area contributed by atoms with Gasteiger partial charge in [0, 0.05) is 27.2 Å². The Labute approximate surface area is 218 Å². The molecule has 0 bridgehead atoms. The van der Waals surface area contributed by atoms with Crippen LogP contribution in [0.25, 0.3) is 11.1 Å². The molecule has 2 aromatic carbocycles. The number of nitrogens with zero attached hydrogens (tertiary/aromatic N) is 2. The van der Waals surface area contributed by atoms with Crippen molar-refractivity contribution in [3.8, 4) is 16.9 Å². The minimum Gasteiger partial charge on any atom is -0.497 e. The number of piperidine rings is 1. The van der Waals surface area contributed by atoms with E-state index in [1.165, 1.54) is 33.4 Å². The molecule has 1 aliphatic rings. The van der Waals surface area contributed by atoms with Gasteiger partial charge >= 0.3 is 12.1 Å². The molecule has 1 aliphatic heterocycles. The summed E-state index contributed by atoms with van der Waals surface area (Å²) in [5, 5.41) is 0. The number of esters is 1. The van der Waals surface area contributed by atoms with Gasteiger partial charge in [0.15, 0.2) is 0 Å². The molecule has 1 unspecified atom stereocenters. The molecule has 0 aliphatic carbocycles. The van der Waals surface area contributed by atoms with Gasteiger partial charge in [0.25, 0.3) is 0 Å². The average molecular weight is 535 g/mol. The lowest BCUT2D eigenvalue weighted by Crippen LogP contribution is -2.51. The number of hydrogen-bond donors (Lipinski definition) is 0. The molecule has 2 aromatic rings. The lowest BCUT2D eigenvalue weighted by atomic mass is 9.89. The molecular weight excluding hydrogens is 500 g/mol. The van der Waals surface area contributed by atoms with Gasteiger partial charge in [-0.2, -0.15) is 4.31 Å². The van der Waals surface area contributed by atoms with Crippen molar-refractivity contribution in [3.05, 3.63) is 48.5 Å². The summed E-state index contributed by atoms with van der Waals surface area (Å²) in [5.74, 6) is -0.233. The second kappa shape index (κ2) is 12.9. The molecule has 1 fully saturated rings. The van der Waals surface area contributed by atoms with Gasteiger partial charge in [-0.15, -0.1) is 0 Å². The Morgan fingerprint density at radius 3 is 2.03 bits per heavy atom. The van der Waals surface area contributed by atoms with E-state index in [1.54, 1.807) is 24.1 Å². The number of carbonyl (C=O) groups is 2. The van der Waals surface area contributed by atoms with Crippen molar-refractivity contribution >= 4 is 22.1 Å². The molecule has 0 spiro atoms. The zero-order chi connectivity index (χ0) is 27.0. The van der Waals surface area contributed by atoms with Gasteiger partial charge in [0.2, 0.25) is 10.0 Å². The highest BCUT2D eigenvalue weighted by Gasteiger charge is 2.41. The van der Waals surface area contributed by atoms with Crippen molar-refractivity contribution in [2.75, 3.05) is 54.7 Å². The van der Waals surface area contributed by atoms with E-state index >= 15 is 0 Å². The summed E-state index contributed by atoms with van der Waals surface area (Å²) in [6.07, 6.45) is 0.396. The number of sulfonamides is 1. The second-order valence-electron chi connectivity index (χ2n) is 8.67. The normalized spacial score (nSPS) is 15.3. The Bertz CT molecular complexity index is 1140. The minimum absolute atomic E-state index is 0.0697. The first-order valence-corrected chi connectivity index (χ1v) is 13.4. The van der Waals surface area contributed by atoms with Crippen molar-refractivity contribution in [3.63, 3.8) is 0 Å². The summed E-state index contributed by atoms with van der Waals surface area (Å²) in [4.78, 5) is 26.6. The molecule has 1 atom stereocenters. The quantitative estimate of drug-likeness (QED) is 0.338. The fourth-order valence-electron chi connectivity index (χ4n) is 4.38. The highest BCUT2D eigenvalue weighted by atomic mass is 32.2. The van der Waals surface area contributed by atoms with E-state index < -0.39 is 28.1 Å². The summed E-state index contributed by atoms with van der Waals surface area (Å²) in [6, 6.07) is 12.9. The average Bonchev–Trinajstić information content (AvgIpc) is 2.93. The van der Waals surface area contributed by atoms with Gasteiger partial charge < -0.3 is 23.8 Å². The standard InChI is InChI=1S/C26H34N2O8S/c1-27(24(25(29)35-4)21-13-15-28(16-14-21)26(30)36-18-17-33-2)37(31,32)23-11-7-20(8-12-23)19-5-9-22(34-3)10-6-19/h5-12,21,24H,13-18H2,1-4H3. The summed E-state index contributed by atoms with van der Waals surface area (Å²) in [5.41, 5.74) is 1.76. The van der Waals surface area contributed by atoms with E-state index in [-0.39, 0.29) is 17.4 Å². The first-order chi connectivity index (χ1) is 17.7. The molecular formula is C26H34N2O8S. The number of benzene rings is 2. The predicted octanol–water partition coefficient (Wildman–Crippen LogP) is 3.02. The van der Waals surface area contributed by atoms with Gasteiger partial charge in [0.1, 0.15) is 18.4 Å². The third kappa shape index (κ3) is 6.79. The third-order valence-electron chi connectivity index (χ3n) is 6.55. The first kappa shape index (κ1) is 28.4. The van der Waals surface area contributed by atoms with Crippen LogP contribution in [0.3, 0.4) is 0 Å². The Balaban J connectivity index is 1.73. The monoisotopic (exact) mass is 534 g/mol. The minimum atomic E-state index is -4.00.